The van der Waals surface area contributed by atoms with Crippen molar-refractivity contribution in [2.75, 3.05) is 52.4 Å². The maximum absolute atomic E-state index is 12.8. The number of amides is 2. The summed E-state index contributed by atoms with van der Waals surface area (Å²) in [5, 5.41) is 4.60. The molecule has 178 valence electrons. The largest absolute Gasteiger partial charge is 0.450 e. The summed E-state index contributed by atoms with van der Waals surface area (Å²) in [6.07, 6.45) is 6.01. The number of hydrogen-bond acceptors (Lipinski definition) is 6. The minimum absolute atomic E-state index is 0.00599. The van der Waals surface area contributed by atoms with E-state index in [1.165, 1.54) is 17.5 Å². The van der Waals surface area contributed by atoms with Gasteiger partial charge in [0.25, 0.3) is 0 Å². The van der Waals surface area contributed by atoms with Gasteiger partial charge in [-0.05, 0) is 45.7 Å². The van der Waals surface area contributed by atoms with E-state index >= 15 is 0 Å². The van der Waals surface area contributed by atoms with Crippen LogP contribution in [0.25, 0.3) is 0 Å². The van der Waals surface area contributed by atoms with E-state index in [2.05, 4.69) is 10.00 Å². The molecule has 0 unspecified atom stereocenters. The Kier molecular flexibility index (Phi) is 7.17. The highest BCUT2D eigenvalue weighted by molar-refractivity contribution is 5.78. The first-order chi connectivity index (χ1) is 15.5. The first-order valence-corrected chi connectivity index (χ1v) is 12.0. The maximum Gasteiger partial charge on any atom is 0.409 e. The van der Waals surface area contributed by atoms with Crippen LogP contribution in [0.4, 0.5) is 4.79 Å². The molecule has 32 heavy (non-hydrogen) atoms. The van der Waals surface area contributed by atoms with Crippen molar-refractivity contribution in [3.8, 4) is 0 Å². The molecule has 3 aliphatic rings. The van der Waals surface area contributed by atoms with Gasteiger partial charge in [0.1, 0.15) is 5.82 Å². The van der Waals surface area contributed by atoms with Crippen molar-refractivity contribution < 1.29 is 14.3 Å². The van der Waals surface area contributed by atoms with Crippen molar-refractivity contribution in [3.63, 3.8) is 0 Å². The Bertz CT molecular complexity index is 858. The Morgan fingerprint density at radius 3 is 2.22 bits per heavy atom. The number of rotatable bonds is 5. The Morgan fingerprint density at radius 1 is 0.969 bits per heavy atom. The fourth-order valence-corrected chi connectivity index (χ4v) is 5.28. The third-order valence-corrected chi connectivity index (χ3v) is 7.14. The molecule has 3 fully saturated rings. The molecule has 10 heteroatoms. The van der Waals surface area contributed by atoms with Crippen LogP contribution in [0.15, 0.2) is 4.79 Å². The first kappa shape index (κ1) is 22.8. The molecular formula is C22H36N6O4. The lowest BCUT2D eigenvalue weighted by Crippen LogP contribution is -2.53. The van der Waals surface area contributed by atoms with E-state index < -0.39 is 0 Å². The Labute approximate surface area is 189 Å². The van der Waals surface area contributed by atoms with E-state index in [1.807, 2.05) is 9.47 Å². The molecule has 1 aromatic heterocycles. The minimum atomic E-state index is -0.299. The molecule has 0 radical (unpaired) electrons. The second-order valence-electron chi connectivity index (χ2n) is 9.19. The average Bonchev–Trinajstić information content (AvgIpc) is 3.43. The summed E-state index contributed by atoms with van der Waals surface area (Å²) in [6, 6.07) is 0.291. The van der Waals surface area contributed by atoms with Crippen LogP contribution in [0.5, 0.6) is 0 Å². The summed E-state index contributed by atoms with van der Waals surface area (Å²) in [7, 11) is 1.74. The number of aromatic nitrogens is 3. The van der Waals surface area contributed by atoms with Gasteiger partial charge in [0.2, 0.25) is 5.91 Å². The summed E-state index contributed by atoms with van der Waals surface area (Å²) in [5.41, 5.74) is 0.00599. The predicted octanol–water partition coefficient (Wildman–Crippen LogP) is 1.18. The maximum atomic E-state index is 12.8. The smallest absolute Gasteiger partial charge is 0.409 e. The van der Waals surface area contributed by atoms with E-state index in [-0.39, 0.29) is 23.6 Å². The van der Waals surface area contributed by atoms with Gasteiger partial charge in [0.15, 0.2) is 0 Å². The topological polar surface area (TPSA) is 92.9 Å². The molecule has 0 spiro atoms. The number of piperazine rings is 1. The normalized spacial score (nSPS) is 21.3. The molecule has 0 N–H and O–H groups in total. The van der Waals surface area contributed by atoms with Crippen molar-refractivity contribution in [3.05, 3.63) is 16.3 Å². The van der Waals surface area contributed by atoms with E-state index in [9.17, 15) is 14.4 Å². The molecule has 0 aromatic carbocycles. The van der Waals surface area contributed by atoms with E-state index in [0.29, 0.717) is 45.4 Å². The van der Waals surface area contributed by atoms with Crippen LogP contribution in [-0.2, 0) is 16.6 Å². The number of likely N-dealkylation sites (tertiary alicyclic amines) is 1. The molecule has 2 aliphatic heterocycles. The van der Waals surface area contributed by atoms with Gasteiger partial charge < -0.3 is 14.5 Å². The van der Waals surface area contributed by atoms with Crippen molar-refractivity contribution in [2.24, 2.45) is 7.05 Å². The predicted molar refractivity (Wildman–Crippen MR) is 119 cm³/mol. The molecule has 1 aliphatic carbocycles. The van der Waals surface area contributed by atoms with Crippen LogP contribution in [0.1, 0.15) is 63.2 Å². The molecule has 0 bridgehead atoms. The number of piperidine rings is 1. The summed E-state index contributed by atoms with van der Waals surface area (Å²) < 4.78 is 8.49. The van der Waals surface area contributed by atoms with Crippen molar-refractivity contribution in [2.45, 2.75) is 57.4 Å². The quantitative estimate of drug-likeness (QED) is 0.672. The van der Waals surface area contributed by atoms with Crippen LogP contribution in [0.3, 0.4) is 0 Å². The van der Waals surface area contributed by atoms with Gasteiger partial charge >= 0.3 is 11.8 Å². The molecule has 2 amide bonds. The lowest BCUT2D eigenvalue weighted by molar-refractivity contribution is -0.134. The number of carbonyl (C=O) groups is 2. The first-order valence-electron chi connectivity index (χ1n) is 12.0. The van der Waals surface area contributed by atoms with Crippen molar-refractivity contribution in [1.29, 1.82) is 0 Å². The minimum Gasteiger partial charge on any atom is -0.450 e. The average molecular weight is 449 g/mol. The summed E-state index contributed by atoms with van der Waals surface area (Å²) in [5.74, 6) is 1.32. The van der Waals surface area contributed by atoms with Gasteiger partial charge in [-0.25, -0.2) is 14.3 Å². The molecule has 0 atom stereocenters. The molecule has 10 nitrogen and oxygen atoms in total. The Balaban J connectivity index is 1.28. The van der Waals surface area contributed by atoms with Gasteiger partial charge in [0, 0.05) is 45.2 Å². The summed E-state index contributed by atoms with van der Waals surface area (Å²) in [4.78, 5) is 43.0. The monoisotopic (exact) mass is 448 g/mol. The number of aryl methyl sites for hydroxylation is 1. The van der Waals surface area contributed by atoms with Crippen LogP contribution < -0.4 is 5.69 Å². The highest BCUT2D eigenvalue weighted by Gasteiger charge is 2.32. The molecule has 4 rings (SSSR count). The number of ether oxygens (including phenoxy) is 1. The fourth-order valence-electron chi connectivity index (χ4n) is 5.28. The number of hydrogen-bond donors (Lipinski definition) is 0. The number of carbonyl (C=O) groups excluding carboxylic acids is 2. The Hall–Kier alpha value is -2.36. The van der Waals surface area contributed by atoms with Crippen LogP contribution >= 0.6 is 0 Å². The molecule has 1 saturated carbocycles. The zero-order valence-corrected chi connectivity index (χ0v) is 19.4. The highest BCUT2D eigenvalue weighted by atomic mass is 16.6. The standard InChI is InChI=1S/C22H36N6O4/c1-3-32-22(31)27-14-12-26(13-15-27)19(29)16-25-10-8-17(9-11-25)20-23-24(2)21(30)28(20)18-6-4-5-7-18/h17-18H,3-16H2,1-2H3. The van der Waals surface area contributed by atoms with Crippen LogP contribution in [-0.4, -0.2) is 93.5 Å². The summed E-state index contributed by atoms with van der Waals surface area (Å²) in [6.45, 7) is 6.36. The van der Waals surface area contributed by atoms with Crippen molar-refractivity contribution >= 4 is 12.0 Å². The molecular weight excluding hydrogens is 412 g/mol. The van der Waals surface area contributed by atoms with Crippen molar-refractivity contribution in [1.82, 2.24) is 29.0 Å². The van der Waals surface area contributed by atoms with Gasteiger partial charge in [-0.15, -0.1) is 0 Å². The van der Waals surface area contributed by atoms with Gasteiger partial charge in [0.05, 0.1) is 13.2 Å². The van der Waals surface area contributed by atoms with E-state index in [4.69, 9.17) is 4.74 Å². The highest BCUT2D eigenvalue weighted by Crippen LogP contribution is 2.33. The van der Waals surface area contributed by atoms with E-state index in [0.717, 1.165) is 44.6 Å². The van der Waals surface area contributed by atoms with Gasteiger partial charge in [-0.1, -0.05) is 12.8 Å². The van der Waals surface area contributed by atoms with Crippen LogP contribution in [0, 0.1) is 0 Å². The molecule has 3 heterocycles. The SMILES string of the molecule is CCOC(=O)N1CCN(C(=O)CN2CCC(c3nn(C)c(=O)n3C3CCCC3)CC2)CC1. The zero-order chi connectivity index (χ0) is 22.7. The second kappa shape index (κ2) is 10.1. The zero-order valence-electron chi connectivity index (χ0n) is 19.4. The lowest BCUT2D eigenvalue weighted by atomic mass is 9.95. The lowest BCUT2D eigenvalue weighted by Gasteiger charge is -2.36. The molecule has 2 saturated heterocycles. The number of nitrogens with zero attached hydrogens (tertiary/aromatic N) is 6. The third-order valence-electron chi connectivity index (χ3n) is 7.14. The second-order valence-corrected chi connectivity index (χ2v) is 9.19. The van der Waals surface area contributed by atoms with Gasteiger partial charge in [-0.3, -0.25) is 14.3 Å². The fraction of sp³-hybridized carbons (Fsp3) is 0.818. The third kappa shape index (κ3) is 4.84. The molecule has 1 aromatic rings. The van der Waals surface area contributed by atoms with E-state index in [1.54, 1.807) is 18.9 Å². The Morgan fingerprint density at radius 2 is 1.59 bits per heavy atom. The van der Waals surface area contributed by atoms with Gasteiger partial charge in [-0.2, -0.15) is 5.10 Å². The van der Waals surface area contributed by atoms with Crippen LogP contribution in [0.2, 0.25) is 0 Å². The summed E-state index contributed by atoms with van der Waals surface area (Å²) >= 11 is 0.